The maximum Gasteiger partial charge on any atom is 0.248 e. The minimum atomic E-state index is -0.892. The highest BCUT2D eigenvalue weighted by molar-refractivity contribution is 7.98. The third-order valence-electron chi connectivity index (χ3n) is 2.33. The van der Waals surface area contributed by atoms with Crippen molar-refractivity contribution in [2.24, 2.45) is 0 Å². The molecule has 0 saturated carbocycles. The number of aliphatic hydroxyl groups excluding tert-OH is 1. The van der Waals surface area contributed by atoms with Crippen LogP contribution < -0.4 is 5.32 Å². The predicted molar refractivity (Wildman–Crippen MR) is 70.0 cm³/mol. The first-order valence-electron chi connectivity index (χ1n) is 5.57. The van der Waals surface area contributed by atoms with Crippen LogP contribution in [0.5, 0.6) is 0 Å². The SMILES string of the molecule is CSCCC(O)C(=O)NCCc1cccnc1. The maximum atomic E-state index is 11.5. The summed E-state index contributed by atoms with van der Waals surface area (Å²) >= 11 is 1.62. The third kappa shape index (κ3) is 5.70. The lowest BCUT2D eigenvalue weighted by molar-refractivity contribution is -0.129. The zero-order valence-corrected chi connectivity index (χ0v) is 10.7. The van der Waals surface area contributed by atoms with Crippen molar-refractivity contribution in [1.82, 2.24) is 10.3 Å². The number of aliphatic hydroxyl groups is 1. The number of thioether (sulfide) groups is 1. The molecule has 0 fully saturated rings. The molecule has 94 valence electrons. The zero-order chi connectivity index (χ0) is 12.5. The fourth-order valence-electron chi connectivity index (χ4n) is 1.35. The molecule has 0 aliphatic carbocycles. The Morgan fingerprint density at radius 3 is 3.12 bits per heavy atom. The van der Waals surface area contributed by atoms with Gasteiger partial charge in [-0.25, -0.2) is 0 Å². The molecule has 1 heterocycles. The summed E-state index contributed by atoms with van der Waals surface area (Å²) < 4.78 is 0. The molecule has 0 saturated heterocycles. The molecule has 2 N–H and O–H groups in total. The summed E-state index contributed by atoms with van der Waals surface area (Å²) in [6.45, 7) is 0.529. The summed E-state index contributed by atoms with van der Waals surface area (Å²) in [6, 6.07) is 3.83. The quantitative estimate of drug-likeness (QED) is 0.757. The largest absolute Gasteiger partial charge is 0.383 e. The number of carbonyl (C=O) groups is 1. The number of amides is 1. The van der Waals surface area contributed by atoms with Crippen LogP contribution in [0.2, 0.25) is 0 Å². The van der Waals surface area contributed by atoms with Crippen LogP contribution >= 0.6 is 11.8 Å². The average Bonchev–Trinajstić information content (AvgIpc) is 2.37. The fraction of sp³-hybridized carbons (Fsp3) is 0.500. The molecule has 0 aliphatic heterocycles. The van der Waals surface area contributed by atoms with Gasteiger partial charge in [-0.2, -0.15) is 11.8 Å². The third-order valence-corrected chi connectivity index (χ3v) is 2.98. The van der Waals surface area contributed by atoms with Crippen LogP contribution in [0.1, 0.15) is 12.0 Å². The molecular weight excluding hydrogens is 236 g/mol. The van der Waals surface area contributed by atoms with Crippen LogP contribution in [0, 0.1) is 0 Å². The summed E-state index contributed by atoms with van der Waals surface area (Å²) in [5.74, 6) is 0.500. The lowest BCUT2D eigenvalue weighted by atomic mass is 10.2. The number of rotatable bonds is 7. The highest BCUT2D eigenvalue weighted by atomic mass is 32.2. The summed E-state index contributed by atoms with van der Waals surface area (Å²) in [4.78, 5) is 15.4. The van der Waals surface area contributed by atoms with Crippen molar-refractivity contribution in [3.8, 4) is 0 Å². The van der Waals surface area contributed by atoms with Gasteiger partial charge in [0.15, 0.2) is 0 Å². The average molecular weight is 254 g/mol. The van der Waals surface area contributed by atoms with Crippen molar-refractivity contribution in [3.05, 3.63) is 30.1 Å². The Labute approximate surface area is 106 Å². The van der Waals surface area contributed by atoms with Crippen molar-refractivity contribution in [2.75, 3.05) is 18.6 Å². The van der Waals surface area contributed by atoms with E-state index in [0.29, 0.717) is 13.0 Å². The van der Waals surface area contributed by atoms with E-state index in [-0.39, 0.29) is 5.91 Å². The van der Waals surface area contributed by atoms with Gasteiger partial charge >= 0.3 is 0 Å². The number of hydrogen-bond donors (Lipinski definition) is 2. The van der Waals surface area contributed by atoms with E-state index >= 15 is 0 Å². The molecule has 1 atom stereocenters. The molecule has 1 aromatic rings. The molecule has 1 rings (SSSR count). The summed E-state index contributed by atoms with van der Waals surface area (Å²) in [5, 5.41) is 12.2. The Morgan fingerprint density at radius 2 is 2.47 bits per heavy atom. The molecule has 1 amide bonds. The van der Waals surface area contributed by atoms with E-state index in [9.17, 15) is 9.90 Å². The van der Waals surface area contributed by atoms with Crippen LogP contribution in [0.15, 0.2) is 24.5 Å². The van der Waals surface area contributed by atoms with Crippen molar-refractivity contribution in [1.29, 1.82) is 0 Å². The number of pyridine rings is 1. The smallest absolute Gasteiger partial charge is 0.248 e. The lowest BCUT2D eigenvalue weighted by Gasteiger charge is -2.10. The molecule has 4 nitrogen and oxygen atoms in total. The Balaban J connectivity index is 2.20. The van der Waals surface area contributed by atoms with Gasteiger partial charge in [-0.1, -0.05) is 6.07 Å². The normalized spacial score (nSPS) is 12.1. The fourth-order valence-corrected chi connectivity index (χ4v) is 1.81. The molecule has 0 spiro atoms. The second kappa shape index (κ2) is 8.08. The Kier molecular flexibility index (Phi) is 6.65. The van der Waals surface area contributed by atoms with E-state index in [4.69, 9.17) is 0 Å². The highest BCUT2D eigenvalue weighted by Crippen LogP contribution is 2.00. The van der Waals surface area contributed by atoms with Crippen LogP contribution in [0.3, 0.4) is 0 Å². The first kappa shape index (κ1) is 14.0. The van der Waals surface area contributed by atoms with Crippen molar-refractivity contribution < 1.29 is 9.90 Å². The van der Waals surface area contributed by atoms with E-state index in [2.05, 4.69) is 10.3 Å². The standard InChI is InChI=1S/C12H18N2O2S/c1-17-8-5-11(15)12(16)14-7-4-10-3-2-6-13-9-10/h2-3,6,9,11,15H,4-5,7-8H2,1H3,(H,14,16). The van der Waals surface area contributed by atoms with Gasteiger partial charge in [0.05, 0.1) is 0 Å². The van der Waals surface area contributed by atoms with E-state index < -0.39 is 6.10 Å². The van der Waals surface area contributed by atoms with E-state index in [1.54, 1.807) is 24.2 Å². The van der Waals surface area contributed by atoms with Gasteiger partial charge in [0.2, 0.25) is 5.91 Å². The molecule has 0 radical (unpaired) electrons. The Morgan fingerprint density at radius 1 is 1.65 bits per heavy atom. The topological polar surface area (TPSA) is 62.2 Å². The van der Waals surface area contributed by atoms with Crippen LogP contribution in [-0.2, 0) is 11.2 Å². The molecule has 1 unspecified atom stereocenters. The second-order valence-electron chi connectivity index (χ2n) is 3.70. The van der Waals surface area contributed by atoms with E-state index in [1.807, 2.05) is 18.4 Å². The molecule has 0 aliphatic rings. The van der Waals surface area contributed by atoms with Crippen molar-refractivity contribution in [3.63, 3.8) is 0 Å². The maximum absolute atomic E-state index is 11.5. The summed E-state index contributed by atoms with van der Waals surface area (Å²) in [7, 11) is 0. The molecule has 17 heavy (non-hydrogen) atoms. The molecule has 0 aromatic carbocycles. The van der Waals surface area contributed by atoms with Crippen molar-refractivity contribution in [2.45, 2.75) is 18.9 Å². The van der Waals surface area contributed by atoms with Crippen LogP contribution in [0.4, 0.5) is 0 Å². The van der Waals surface area contributed by atoms with Gasteiger partial charge < -0.3 is 10.4 Å². The number of carbonyl (C=O) groups excluding carboxylic acids is 1. The number of hydrogen-bond acceptors (Lipinski definition) is 4. The minimum Gasteiger partial charge on any atom is -0.383 e. The van der Waals surface area contributed by atoms with Gasteiger partial charge in [0.1, 0.15) is 6.10 Å². The lowest BCUT2D eigenvalue weighted by Crippen LogP contribution is -2.36. The number of nitrogens with zero attached hydrogens (tertiary/aromatic N) is 1. The first-order chi connectivity index (χ1) is 8.24. The molecule has 5 heteroatoms. The van der Waals surface area contributed by atoms with E-state index in [1.165, 1.54) is 0 Å². The Hall–Kier alpha value is -1.07. The molecule has 0 bridgehead atoms. The van der Waals surface area contributed by atoms with Gasteiger partial charge in [-0.05, 0) is 36.5 Å². The van der Waals surface area contributed by atoms with Crippen LogP contribution in [0.25, 0.3) is 0 Å². The van der Waals surface area contributed by atoms with Crippen LogP contribution in [-0.4, -0.2) is 40.7 Å². The van der Waals surface area contributed by atoms with Gasteiger partial charge in [0.25, 0.3) is 0 Å². The first-order valence-corrected chi connectivity index (χ1v) is 6.97. The van der Waals surface area contributed by atoms with Crippen molar-refractivity contribution >= 4 is 17.7 Å². The Bertz CT molecular complexity index is 333. The predicted octanol–water partition coefficient (Wildman–Crippen LogP) is 0.854. The molecular formula is C12H18N2O2S. The van der Waals surface area contributed by atoms with Gasteiger partial charge in [-0.15, -0.1) is 0 Å². The summed E-state index contributed by atoms with van der Waals surface area (Å²) in [5.41, 5.74) is 1.08. The van der Waals surface area contributed by atoms with E-state index in [0.717, 1.165) is 17.7 Å². The zero-order valence-electron chi connectivity index (χ0n) is 9.93. The number of aromatic nitrogens is 1. The minimum absolute atomic E-state index is 0.289. The summed E-state index contributed by atoms with van der Waals surface area (Å²) in [6.07, 6.45) is 5.78. The van der Waals surface area contributed by atoms with Gasteiger partial charge in [-0.3, -0.25) is 9.78 Å². The highest BCUT2D eigenvalue weighted by Gasteiger charge is 2.13. The number of nitrogens with one attached hydrogen (secondary N) is 1. The molecule has 1 aromatic heterocycles. The monoisotopic (exact) mass is 254 g/mol. The second-order valence-corrected chi connectivity index (χ2v) is 4.69. The van der Waals surface area contributed by atoms with Gasteiger partial charge in [0, 0.05) is 18.9 Å².